The van der Waals surface area contributed by atoms with Gasteiger partial charge in [0, 0.05) is 38.1 Å². The Labute approximate surface area is 151 Å². The van der Waals surface area contributed by atoms with Gasteiger partial charge >= 0.3 is 0 Å². The molecule has 8 nitrogen and oxygen atoms in total. The minimum Gasteiger partial charge on any atom is -0.372 e. The normalized spacial score (nSPS) is 17.4. The number of piperidine rings is 1. The fourth-order valence-corrected chi connectivity index (χ4v) is 3.57. The van der Waals surface area contributed by atoms with Gasteiger partial charge in [-0.25, -0.2) is 4.98 Å². The molecule has 1 aromatic carbocycles. The summed E-state index contributed by atoms with van der Waals surface area (Å²) in [6, 6.07) is 5.44. The zero-order chi connectivity index (χ0) is 17.9. The number of carbonyl (C=O) groups excluding carboxylic acids is 1. The molecule has 1 atom stereocenters. The van der Waals surface area contributed by atoms with Crippen molar-refractivity contribution in [2.45, 2.75) is 19.3 Å². The lowest BCUT2D eigenvalue weighted by Gasteiger charge is -2.33. The van der Waals surface area contributed by atoms with Gasteiger partial charge in [-0.3, -0.25) is 9.78 Å². The molecule has 26 heavy (non-hydrogen) atoms. The Morgan fingerprint density at radius 1 is 1.27 bits per heavy atom. The summed E-state index contributed by atoms with van der Waals surface area (Å²) < 4.78 is 0. The molecule has 0 saturated carbocycles. The summed E-state index contributed by atoms with van der Waals surface area (Å²) in [5.74, 6) is 1.24. The molecule has 2 aromatic heterocycles. The Kier molecular flexibility index (Phi) is 4.47. The minimum atomic E-state index is 0.0487. The molecule has 1 aliphatic heterocycles. The Balaban J connectivity index is 1.48. The van der Waals surface area contributed by atoms with Crippen molar-refractivity contribution < 1.29 is 4.79 Å². The number of amides is 1. The third-order valence-corrected chi connectivity index (χ3v) is 4.86. The Hall–Kier alpha value is -3.03. The third-order valence-electron chi connectivity index (χ3n) is 4.86. The molecule has 2 N–H and O–H groups in total. The van der Waals surface area contributed by atoms with Crippen LogP contribution >= 0.6 is 0 Å². The highest BCUT2D eigenvalue weighted by Gasteiger charge is 2.26. The van der Waals surface area contributed by atoms with Crippen molar-refractivity contribution in [2.75, 3.05) is 25.5 Å². The maximum absolute atomic E-state index is 12.9. The van der Waals surface area contributed by atoms with Crippen LogP contribution in [0.4, 0.5) is 5.82 Å². The predicted octanol–water partition coefficient (Wildman–Crippen LogP) is 1.88. The SMILES string of the molecule is CNc1nccnc1C[C@@H]1CCCN(C(=O)c2ccc3n[nH]nc3c2)C1. The third kappa shape index (κ3) is 3.22. The molecule has 0 unspecified atom stereocenters. The summed E-state index contributed by atoms with van der Waals surface area (Å²) in [7, 11) is 1.85. The second-order valence-corrected chi connectivity index (χ2v) is 6.59. The molecule has 4 rings (SSSR count). The zero-order valence-electron chi connectivity index (χ0n) is 14.6. The number of aromatic nitrogens is 5. The van der Waals surface area contributed by atoms with Crippen molar-refractivity contribution in [1.29, 1.82) is 0 Å². The van der Waals surface area contributed by atoms with Crippen LogP contribution in [0.2, 0.25) is 0 Å². The van der Waals surface area contributed by atoms with Gasteiger partial charge < -0.3 is 10.2 Å². The first kappa shape index (κ1) is 16.4. The summed E-state index contributed by atoms with van der Waals surface area (Å²) in [6.45, 7) is 1.51. The Morgan fingerprint density at radius 2 is 2.12 bits per heavy atom. The van der Waals surface area contributed by atoms with Crippen LogP contribution in [0.1, 0.15) is 28.9 Å². The monoisotopic (exact) mass is 351 g/mol. The maximum atomic E-state index is 12.9. The maximum Gasteiger partial charge on any atom is 0.253 e. The number of carbonyl (C=O) groups is 1. The first-order valence-electron chi connectivity index (χ1n) is 8.82. The van der Waals surface area contributed by atoms with Crippen molar-refractivity contribution in [3.63, 3.8) is 0 Å². The van der Waals surface area contributed by atoms with E-state index in [1.807, 2.05) is 24.1 Å². The molecule has 1 aliphatic rings. The lowest BCUT2D eigenvalue weighted by molar-refractivity contribution is 0.0673. The summed E-state index contributed by atoms with van der Waals surface area (Å²) in [5, 5.41) is 13.8. The topological polar surface area (TPSA) is 99.7 Å². The lowest BCUT2D eigenvalue weighted by atomic mass is 9.92. The van der Waals surface area contributed by atoms with Crippen LogP contribution in [0, 0.1) is 5.92 Å². The molecule has 0 aliphatic carbocycles. The number of nitrogens with zero attached hydrogens (tertiary/aromatic N) is 5. The first-order valence-corrected chi connectivity index (χ1v) is 8.82. The van der Waals surface area contributed by atoms with E-state index in [1.54, 1.807) is 18.5 Å². The number of fused-ring (bicyclic) bond motifs is 1. The second kappa shape index (κ2) is 7.07. The van der Waals surface area contributed by atoms with E-state index in [9.17, 15) is 4.79 Å². The van der Waals surface area contributed by atoms with E-state index < -0.39 is 0 Å². The fraction of sp³-hybridized carbons (Fsp3) is 0.389. The Morgan fingerprint density at radius 3 is 3.00 bits per heavy atom. The van der Waals surface area contributed by atoms with Crippen LogP contribution < -0.4 is 5.32 Å². The van der Waals surface area contributed by atoms with E-state index in [2.05, 4.69) is 30.7 Å². The van der Waals surface area contributed by atoms with Gasteiger partial charge in [-0.2, -0.15) is 15.4 Å². The quantitative estimate of drug-likeness (QED) is 0.744. The number of hydrogen-bond donors (Lipinski definition) is 2. The highest BCUT2D eigenvalue weighted by molar-refractivity contribution is 5.97. The molecule has 3 aromatic rings. The molecule has 0 radical (unpaired) electrons. The van der Waals surface area contributed by atoms with Gasteiger partial charge in [0.25, 0.3) is 5.91 Å². The highest BCUT2D eigenvalue weighted by atomic mass is 16.2. The van der Waals surface area contributed by atoms with E-state index >= 15 is 0 Å². The van der Waals surface area contributed by atoms with Crippen molar-refractivity contribution in [1.82, 2.24) is 30.3 Å². The van der Waals surface area contributed by atoms with E-state index in [0.29, 0.717) is 17.0 Å². The van der Waals surface area contributed by atoms with Crippen LogP contribution in [0.15, 0.2) is 30.6 Å². The van der Waals surface area contributed by atoms with Gasteiger partial charge in [0.05, 0.1) is 5.69 Å². The highest BCUT2D eigenvalue weighted by Crippen LogP contribution is 2.24. The predicted molar refractivity (Wildman–Crippen MR) is 97.8 cm³/mol. The molecule has 3 heterocycles. The van der Waals surface area contributed by atoms with Crippen molar-refractivity contribution >= 4 is 22.8 Å². The second-order valence-electron chi connectivity index (χ2n) is 6.59. The summed E-state index contributed by atoms with van der Waals surface area (Å²) >= 11 is 0. The number of anilines is 1. The first-order chi connectivity index (χ1) is 12.7. The van der Waals surface area contributed by atoms with Crippen LogP contribution in [-0.4, -0.2) is 56.3 Å². The molecular weight excluding hydrogens is 330 g/mol. The standard InChI is InChI=1S/C18H21N7O/c1-19-17-16(20-6-7-21-17)9-12-3-2-8-25(11-12)18(26)13-4-5-14-15(10-13)23-24-22-14/h4-7,10,12H,2-3,8-9,11H2,1H3,(H,19,21)(H,22,23,24)/t12-/m0/s1. The fourth-order valence-electron chi connectivity index (χ4n) is 3.57. The number of H-pyrrole nitrogens is 1. The summed E-state index contributed by atoms with van der Waals surface area (Å²) in [4.78, 5) is 23.6. The molecule has 8 heteroatoms. The molecule has 1 fully saturated rings. The number of aromatic amines is 1. The van der Waals surface area contributed by atoms with Crippen molar-refractivity contribution in [3.8, 4) is 0 Å². The number of hydrogen-bond acceptors (Lipinski definition) is 6. The number of benzene rings is 1. The summed E-state index contributed by atoms with van der Waals surface area (Å²) in [6.07, 6.45) is 6.31. The van der Waals surface area contributed by atoms with Gasteiger partial charge in [-0.15, -0.1) is 0 Å². The van der Waals surface area contributed by atoms with E-state index in [1.165, 1.54) is 0 Å². The minimum absolute atomic E-state index is 0.0487. The van der Waals surface area contributed by atoms with E-state index in [4.69, 9.17) is 0 Å². The molecule has 0 bridgehead atoms. The lowest BCUT2D eigenvalue weighted by Crippen LogP contribution is -2.40. The van der Waals surface area contributed by atoms with E-state index in [-0.39, 0.29) is 5.91 Å². The average Bonchev–Trinajstić information content (AvgIpc) is 3.16. The largest absolute Gasteiger partial charge is 0.372 e. The van der Waals surface area contributed by atoms with Crippen LogP contribution in [0.5, 0.6) is 0 Å². The summed E-state index contributed by atoms with van der Waals surface area (Å²) in [5.41, 5.74) is 3.09. The van der Waals surface area contributed by atoms with Gasteiger partial charge in [0.1, 0.15) is 16.9 Å². The molecule has 1 saturated heterocycles. The Bertz CT molecular complexity index is 923. The molecule has 134 valence electrons. The molecular formula is C18H21N7O. The van der Waals surface area contributed by atoms with Crippen molar-refractivity contribution in [2.24, 2.45) is 5.92 Å². The number of likely N-dealkylation sites (tertiary alicyclic amines) is 1. The van der Waals surface area contributed by atoms with E-state index in [0.717, 1.165) is 49.4 Å². The smallest absolute Gasteiger partial charge is 0.253 e. The van der Waals surface area contributed by atoms with Gasteiger partial charge in [-0.05, 0) is 43.4 Å². The van der Waals surface area contributed by atoms with Crippen molar-refractivity contribution in [3.05, 3.63) is 41.9 Å². The zero-order valence-corrected chi connectivity index (χ0v) is 14.6. The molecule has 1 amide bonds. The van der Waals surface area contributed by atoms with Gasteiger partial charge in [-0.1, -0.05) is 0 Å². The molecule has 0 spiro atoms. The van der Waals surface area contributed by atoms with Gasteiger partial charge in [0.2, 0.25) is 0 Å². The van der Waals surface area contributed by atoms with Crippen LogP contribution in [-0.2, 0) is 6.42 Å². The van der Waals surface area contributed by atoms with Crippen LogP contribution in [0.25, 0.3) is 11.0 Å². The average molecular weight is 351 g/mol. The van der Waals surface area contributed by atoms with Gasteiger partial charge in [0.15, 0.2) is 0 Å². The number of rotatable bonds is 4. The number of nitrogens with one attached hydrogen (secondary N) is 2. The van der Waals surface area contributed by atoms with Crippen LogP contribution in [0.3, 0.4) is 0 Å².